The molecule has 2 rings (SSSR count). The zero-order valence-corrected chi connectivity index (χ0v) is 11.3. The predicted octanol–water partition coefficient (Wildman–Crippen LogP) is 1.74. The topological polar surface area (TPSA) is 53.3 Å². The number of hydrogen-bond donors (Lipinski definition) is 0. The van der Waals surface area contributed by atoms with E-state index in [1.807, 2.05) is 30.9 Å². The van der Waals surface area contributed by atoms with Gasteiger partial charge in [0, 0.05) is 13.1 Å². The smallest absolute Gasteiger partial charge is 0.227 e. The maximum atomic E-state index is 12.2. The molecule has 1 saturated heterocycles. The SMILES string of the molecule is CC1(C)CN(C(=O)Cc2ccc(C#N)cc2)CCO1. The van der Waals surface area contributed by atoms with Gasteiger partial charge in [0.25, 0.3) is 0 Å². The highest BCUT2D eigenvalue weighted by Crippen LogP contribution is 2.17. The van der Waals surface area contributed by atoms with E-state index in [-0.39, 0.29) is 11.5 Å². The van der Waals surface area contributed by atoms with Gasteiger partial charge in [0.1, 0.15) is 0 Å². The number of morpholine rings is 1. The van der Waals surface area contributed by atoms with Crippen molar-refractivity contribution in [3.8, 4) is 6.07 Å². The summed E-state index contributed by atoms with van der Waals surface area (Å²) < 4.78 is 5.60. The normalized spacial score (nSPS) is 17.8. The molecule has 1 aliphatic rings. The fourth-order valence-corrected chi connectivity index (χ4v) is 2.21. The van der Waals surface area contributed by atoms with Crippen LogP contribution in [0.1, 0.15) is 25.0 Å². The highest BCUT2D eigenvalue weighted by molar-refractivity contribution is 5.79. The van der Waals surface area contributed by atoms with Crippen LogP contribution in [0, 0.1) is 11.3 Å². The van der Waals surface area contributed by atoms with E-state index in [1.165, 1.54) is 0 Å². The third-order valence-corrected chi connectivity index (χ3v) is 3.22. The molecule has 0 radical (unpaired) electrons. The Bertz CT molecular complexity index is 500. The minimum absolute atomic E-state index is 0.112. The fourth-order valence-electron chi connectivity index (χ4n) is 2.21. The second kappa shape index (κ2) is 5.41. The summed E-state index contributed by atoms with van der Waals surface area (Å²) in [5, 5.41) is 8.73. The van der Waals surface area contributed by atoms with Gasteiger partial charge in [-0.3, -0.25) is 4.79 Å². The number of carbonyl (C=O) groups is 1. The van der Waals surface area contributed by atoms with Crippen LogP contribution in [-0.2, 0) is 16.0 Å². The molecule has 4 heteroatoms. The summed E-state index contributed by atoms with van der Waals surface area (Å²) >= 11 is 0. The quantitative estimate of drug-likeness (QED) is 0.812. The van der Waals surface area contributed by atoms with Crippen LogP contribution in [0.4, 0.5) is 0 Å². The van der Waals surface area contributed by atoms with Crippen molar-refractivity contribution in [1.82, 2.24) is 4.90 Å². The molecule has 0 atom stereocenters. The van der Waals surface area contributed by atoms with Crippen molar-refractivity contribution in [2.75, 3.05) is 19.7 Å². The van der Waals surface area contributed by atoms with Gasteiger partial charge in [-0.2, -0.15) is 5.26 Å². The van der Waals surface area contributed by atoms with Gasteiger partial charge >= 0.3 is 0 Å². The molecule has 0 spiro atoms. The molecular formula is C15H18N2O2. The van der Waals surface area contributed by atoms with Gasteiger partial charge in [-0.15, -0.1) is 0 Å². The Morgan fingerprint density at radius 1 is 1.42 bits per heavy atom. The Labute approximate surface area is 113 Å². The molecular weight excluding hydrogens is 240 g/mol. The standard InChI is InChI=1S/C15H18N2O2/c1-15(2)11-17(7-8-19-15)14(18)9-12-3-5-13(10-16)6-4-12/h3-6H,7-9,11H2,1-2H3. The number of rotatable bonds is 2. The maximum Gasteiger partial charge on any atom is 0.227 e. The molecule has 0 bridgehead atoms. The molecule has 0 aliphatic carbocycles. The van der Waals surface area contributed by atoms with E-state index in [1.54, 1.807) is 12.1 Å². The average molecular weight is 258 g/mol. The molecule has 0 saturated carbocycles. The predicted molar refractivity (Wildman–Crippen MR) is 71.5 cm³/mol. The Morgan fingerprint density at radius 2 is 2.11 bits per heavy atom. The molecule has 0 unspecified atom stereocenters. The number of ether oxygens (including phenoxy) is 1. The first-order chi connectivity index (χ1) is 9.00. The van der Waals surface area contributed by atoms with Crippen molar-refractivity contribution in [2.45, 2.75) is 25.9 Å². The molecule has 1 fully saturated rings. The second-order valence-corrected chi connectivity index (χ2v) is 5.41. The summed E-state index contributed by atoms with van der Waals surface area (Å²) in [4.78, 5) is 14.1. The molecule has 1 amide bonds. The van der Waals surface area contributed by atoms with E-state index < -0.39 is 0 Å². The Morgan fingerprint density at radius 3 is 2.68 bits per heavy atom. The van der Waals surface area contributed by atoms with Gasteiger partial charge in [-0.05, 0) is 31.5 Å². The summed E-state index contributed by atoms with van der Waals surface area (Å²) in [6.45, 7) is 5.86. The number of nitriles is 1. The summed E-state index contributed by atoms with van der Waals surface area (Å²) in [6.07, 6.45) is 0.377. The molecule has 19 heavy (non-hydrogen) atoms. The minimum atomic E-state index is -0.265. The van der Waals surface area contributed by atoms with Gasteiger partial charge in [0.15, 0.2) is 0 Å². The van der Waals surface area contributed by atoms with Gasteiger partial charge in [0.05, 0.1) is 30.3 Å². The Balaban J connectivity index is 1.98. The number of nitrogens with zero attached hydrogens (tertiary/aromatic N) is 2. The second-order valence-electron chi connectivity index (χ2n) is 5.41. The first kappa shape index (κ1) is 13.6. The Kier molecular flexibility index (Phi) is 3.87. The highest BCUT2D eigenvalue weighted by Gasteiger charge is 2.29. The molecule has 0 N–H and O–H groups in total. The van der Waals surface area contributed by atoms with Gasteiger partial charge < -0.3 is 9.64 Å². The van der Waals surface area contributed by atoms with Crippen LogP contribution < -0.4 is 0 Å². The van der Waals surface area contributed by atoms with E-state index in [9.17, 15) is 4.79 Å². The van der Waals surface area contributed by atoms with Crippen molar-refractivity contribution in [2.24, 2.45) is 0 Å². The van der Waals surface area contributed by atoms with Crippen LogP contribution in [0.2, 0.25) is 0 Å². The molecule has 4 nitrogen and oxygen atoms in total. The van der Waals surface area contributed by atoms with Crippen LogP contribution in [0.5, 0.6) is 0 Å². The lowest BCUT2D eigenvalue weighted by Gasteiger charge is -2.38. The zero-order chi connectivity index (χ0) is 13.9. The Hall–Kier alpha value is -1.86. The van der Waals surface area contributed by atoms with Crippen LogP contribution in [-0.4, -0.2) is 36.1 Å². The molecule has 1 heterocycles. The average Bonchev–Trinajstić information content (AvgIpc) is 2.38. The van der Waals surface area contributed by atoms with E-state index >= 15 is 0 Å². The fraction of sp³-hybridized carbons (Fsp3) is 0.467. The number of carbonyl (C=O) groups excluding carboxylic acids is 1. The highest BCUT2D eigenvalue weighted by atomic mass is 16.5. The molecule has 0 aromatic heterocycles. The summed E-state index contributed by atoms with van der Waals surface area (Å²) in [5.41, 5.74) is 1.29. The first-order valence-electron chi connectivity index (χ1n) is 6.41. The third kappa shape index (κ3) is 3.55. The van der Waals surface area contributed by atoms with Crippen molar-refractivity contribution < 1.29 is 9.53 Å². The van der Waals surface area contributed by atoms with E-state index in [2.05, 4.69) is 6.07 Å². The number of hydrogen-bond acceptors (Lipinski definition) is 3. The van der Waals surface area contributed by atoms with Crippen molar-refractivity contribution in [3.63, 3.8) is 0 Å². The van der Waals surface area contributed by atoms with Crippen LogP contribution in [0.15, 0.2) is 24.3 Å². The van der Waals surface area contributed by atoms with Crippen LogP contribution >= 0.6 is 0 Å². The molecule has 1 aromatic carbocycles. The van der Waals surface area contributed by atoms with Crippen molar-refractivity contribution in [3.05, 3.63) is 35.4 Å². The van der Waals surface area contributed by atoms with Gasteiger partial charge in [0.2, 0.25) is 5.91 Å². The van der Waals surface area contributed by atoms with E-state index in [0.717, 1.165) is 5.56 Å². The minimum Gasteiger partial charge on any atom is -0.372 e. The first-order valence-corrected chi connectivity index (χ1v) is 6.41. The molecule has 1 aliphatic heterocycles. The summed E-state index contributed by atoms with van der Waals surface area (Å²) in [5.74, 6) is 0.112. The van der Waals surface area contributed by atoms with Crippen LogP contribution in [0.25, 0.3) is 0 Å². The van der Waals surface area contributed by atoms with E-state index in [4.69, 9.17) is 10.00 Å². The van der Waals surface area contributed by atoms with Gasteiger partial charge in [-0.1, -0.05) is 12.1 Å². The third-order valence-electron chi connectivity index (χ3n) is 3.22. The molecule has 100 valence electrons. The lowest BCUT2D eigenvalue weighted by Crippen LogP contribution is -2.51. The largest absolute Gasteiger partial charge is 0.372 e. The lowest BCUT2D eigenvalue weighted by atomic mass is 10.1. The van der Waals surface area contributed by atoms with Crippen molar-refractivity contribution in [1.29, 1.82) is 5.26 Å². The summed E-state index contributed by atoms with van der Waals surface area (Å²) in [6, 6.07) is 9.22. The zero-order valence-electron chi connectivity index (χ0n) is 11.3. The lowest BCUT2D eigenvalue weighted by molar-refractivity contribution is -0.145. The molecule has 1 aromatic rings. The van der Waals surface area contributed by atoms with Gasteiger partial charge in [-0.25, -0.2) is 0 Å². The van der Waals surface area contributed by atoms with Crippen molar-refractivity contribution >= 4 is 5.91 Å². The maximum absolute atomic E-state index is 12.2. The number of benzene rings is 1. The monoisotopic (exact) mass is 258 g/mol. The van der Waals surface area contributed by atoms with E-state index in [0.29, 0.717) is 31.7 Å². The number of amides is 1. The summed E-state index contributed by atoms with van der Waals surface area (Å²) in [7, 11) is 0. The van der Waals surface area contributed by atoms with Crippen LogP contribution in [0.3, 0.4) is 0 Å².